The number of hydrogen-bond donors (Lipinski definition) is 1. The summed E-state index contributed by atoms with van der Waals surface area (Å²) in [4.78, 5) is 9.41. The Morgan fingerprint density at radius 3 is 2.71 bits per heavy atom. The second-order valence-electron chi connectivity index (χ2n) is 5.24. The summed E-state index contributed by atoms with van der Waals surface area (Å²) < 4.78 is 11.7. The van der Waals surface area contributed by atoms with Gasteiger partial charge in [0.05, 0.1) is 29.1 Å². The molecule has 0 aromatic carbocycles. The maximum Gasteiger partial charge on any atom is 0.143 e. The quantitative estimate of drug-likeness (QED) is 0.479. The molecular formula is C15H24IN3O2. The van der Waals surface area contributed by atoms with Crippen molar-refractivity contribution in [3.8, 4) is 0 Å². The maximum atomic E-state index is 5.52. The molecule has 2 rings (SSSR count). The number of anilines is 1. The summed E-state index contributed by atoms with van der Waals surface area (Å²) in [6, 6.07) is 0. The Morgan fingerprint density at radius 1 is 1.24 bits per heavy atom. The van der Waals surface area contributed by atoms with Gasteiger partial charge in [0.2, 0.25) is 0 Å². The van der Waals surface area contributed by atoms with Gasteiger partial charge < -0.3 is 14.8 Å². The third kappa shape index (κ3) is 5.34. The van der Waals surface area contributed by atoms with Crippen LogP contribution in [0.15, 0.2) is 0 Å². The Bertz CT molecular complexity index is 453. The highest BCUT2D eigenvalue weighted by molar-refractivity contribution is 14.1. The number of methoxy groups -OCH3 is 1. The Kier molecular flexibility index (Phi) is 7.12. The number of ether oxygens (including phenoxy) is 2. The molecular weight excluding hydrogens is 381 g/mol. The van der Waals surface area contributed by atoms with Gasteiger partial charge in [-0.15, -0.1) is 0 Å². The lowest BCUT2D eigenvalue weighted by atomic mass is 10.2. The van der Waals surface area contributed by atoms with E-state index in [9.17, 15) is 0 Å². The summed E-state index contributed by atoms with van der Waals surface area (Å²) in [6.07, 6.45) is 4.35. The van der Waals surface area contributed by atoms with E-state index in [4.69, 9.17) is 14.5 Å². The molecule has 1 fully saturated rings. The normalized spacial score (nSPS) is 14.4. The van der Waals surface area contributed by atoms with Crippen LogP contribution in [0.4, 0.5) is 5.82 Å². The second kappa shape index (κ2) is 8.85. The van der Waals surface area contributed by atoms with E-state index in [0.29, 0.717) is 25.7 Å². The third-order valence-corrected chi connectivity index (χ3v) is 4.39. The standard InChI is InChI=1S/C15H24IN3O2/c1-3-7-17-15-13(16)14(11-4-5-11)18-12(19-15)6-8-21-10-9-20-2/h11H,3-10H2,1-2H3,(H,17,18,19). The van der Waals surface area contributed by atoms with Crippen LogP contribution in [-0.2, 0) is 15.9 Å². The van der Waals surface area contributed by atoms with Gasteiger partial charge in [-0.3, -0.25) is 0 Å². The van der Waals surface area contributed by atoms with Gasteiger partial charge in [-0.25, -0.2) is 9.97 Å². The molecule has 1 aliphatic rings. The fourth-order valence-electron chi connectivity index (χ4n) is 2.02. The molecule has 0 bridgehead atoms. The van der Waals surface area contributed by atoms with Gasteiger partial charge in [0.25, 0.3) is 0 Å². The van der Waals surface area contributed by atoms with Crippen LogP contribution < -0.4 is 5.32 Å². The zero-order valence-electron chi connectivity index (χ0n) is 12.8. The van der Waals surface area contributed by atoms with Gasteiger partial charge >= 0.3 is 0 Å². The molecule has 5 nitrogen and oxygen atoms in total. The van der Waals surface area contributed by atoms with Crippen LogP contribution in [0.1, 0.15) is 43.6 Å². The highest BCUT2D eigenvalue weighted by atomic mass is 127. The number of hydrogen-bond acceptors (Lipinski definition) is 5. The van der Waals surface area contributed by atoms with Gasteiger partial charge in [-0.05, 0) is 41.9 Å². The van der Waals surface area contributed by atoms with E-state index in [2.05, 4.69) is 39.8 Å². The molecule has 1 aromatic rings. The molecule has 6 heteroatoms. The predicted molar refractivity (Wildman–Crippen MR) is 91.9 cm³/mol. The predicted octanol–water partition coefficient (Wildman–Crippen LogP) is 2.99. The molecule has 0 amide bonds. The topological polar surface area (TPSA) is 56.3 Å². The third-order valence-electron chi connectivity index (χ3n) is 3.33. The smallest absolute Gasteiger partial charge is 0.143 e. The molecule has 118 valence electrons. The Morgan fingerprint density at radius 2 is 2.05 bits per heavy atom. The van der Waals surface area contributed by atoms with Crippen molar-refractivity contribution in [1.82, 2.24) is 9.97 Å². The van der Waals surface area contributed by atoms with E-state index < -0.39 is 0 Å². The molecule has 1 saturated carbocycles. The molecule has 1 heterocycles. The molecule has 1 aromatic heterocycles. The minimum atomic E-state index is 0.622. The van der Waals surface area contributed by atoms with Crippen LogP contribution in [0.25, 0.3) is 0 Å². The van der Waals surface area contributed by atoms with Crippen molar-refractivity contribution in [3.63, 3.8) is 0 Å². The number of aromatic nitrogens is 2. The van der Waals surface area contributed by atoms with E-state index >= 15 is 0 Å². The lowest BCUT2D eigenvalue weighted by Crippen LogP contribution is -2.12. The summed E-state index contributed by atoms with van der Waals surface area (Å²) in [6.45, 7) is 5.00. The Balaban J connectivity index is 2.00. The molecule has 1 N–H and O–H groups in total. The number of nitrogens with one attached hydrogen (secondary N) is 1. The van der Waals surface area contributed by atoms with Crippen molar-refractivity contribution in [1.29, 1.82) is 0 Å². The van der Waals surface area contributed by atoms with E-state index in [1.807, 2.05) is 0 Å². The van der Waals surface area contributed by atoms with E-state index in [0.717, 1.165) is 31.0 Å². The zero-order chi connectivity index (χ0) is 15.1. The summed E-state index contributed by atoms with van der Waals surface area (Å²) in [5.74, 6) is 2.50. The van der Waals surface area contributed by atoms with Gasteiger partial charge in [0, 0.05) is 26.0 Å². The monoisotopic (exact) mass is 405 g/mol. The molecule has 21 heavy (non-hydrogen) atoms. The Hall–Kier alpha value is -0.470. The van der Waals surface area contributed by atoms with Crippen LogP contribution in [0.5, 0.6) is 0 Å². The largest absolute Gasteiger partial charge is 0.382 e. The number of nitrogens with zero attached hydrogens (tertiary/aromatic N) is 2. The lowest BCUT2D eigenvalue weighted by Gasteiger charge is -2.12. The zero-order valence-corrected chi connectivity index (χ0v) is 15.0. The average Bonchev–Trinajstić information content (AvgIpc) is 3.31. The van der Waals surface area contributed by atoms with Gasteiger partial charge in [0.15, 0.2) is 0 Å². The highest BCUT2D eigenvalue weighted by Crippen LogP contribution is 2.42. The van der Waals surface area contributed by atoms with Crippen LogP contribution in [-0.4, -0.2) is 43.4 Å². The first kappa shape index (κ1) is 16.9. The number of rotatable bonds is 10. The van der Waals surface area contributed by atoms with Crippen molar-refractivity contribution < 1.29 is 9.47 Å². The summed E-state index contributed by atoms with van der Waals surface area (Å²) >= 11 is 2.37. The highest BCUT2D eigenvalue weighted by Gasteiger charge is 2.29. The maximum absolute atomic E-state index is 5.52. The summed E-state index contributed by atoms with van der Waals surface area (Å²) in [7, 11) is 1.68. The van der Waals surface area contributed by atoms with Gasteiger partial charge in [-0.1, -0.05) is 6.92 Å². The Labute approximate surface area is 140 Å². The molecule has 0 atom stereocenters. The fourth-order valence-corrected chi connectivity index (χ4v) is 2.89. The molecule has 0 aliphatic heterocycles. The van der Waals surface area contributed by atoms with E-state index in [-0.39, 0.29) is 0 Å². The average molecular weight is 405 g/mol. The molecule has 1 aliphatic carbocycles. The van der Waals surface area contributed by atoms with Crippen molar-refractivity contribution in [2.45, 2.75) is 38.5 Å². The second-order valence-corrected chi connectivity index (χ2v) is 6.32. The molecule has 0 unspecified atom stereocenters. The summed E-state index contributed by atoms with van der Waals surface area (Å²) in [5, 5.41) is 3.42. The van der Waals surface area contributed by atoms with E-state index in [1.54, 1.807) is 7.11 Å². The minimum Gasteiger partial charge on any atom is -0.382 e. The molecule has 0 spiro atoms. The molecule has 0 radical (unpaired) electrons. The van der Waals surface area contributed by atoms with Crippen molar-refractivity contribution in [3.05, 3.63) is 15.1 Å². The van der Waals surface area contributed by atoms with Crippen LogP contribution in [0.3, 0.4) is 0 Å². The fraction of sp³-hybridized carbons (Fsp3) is 0.733. The summed E-state index contributed by atoms with van der Waals surface area (Å²) in [5.41, 5.74) is 1.22. The molecule has 0 saturated heterocycles. The van der Waals surface area contributed by atoms with Crippen molar-refractivity contribution >= 4 is 28.4 Å². The first-order valence-corrected chi connectivity index (χ1v) is 8.71. The van der Waals surface area contributed by atoms with Crippen LogP contribution >= 0.6 is 22.6 Å². The van der Waals surface area contributed by atoms with E-state index in [1.165, 1.54) is 22.1 Å². The van der Waals surface area contributed by atoms with Gasteiger partial charge in [-0.2, -0.15) is 0 Å². The van der Waals surface area contributed by atoms with Crippen molar-refractivity contribution in [2.75, 3.05) is 38.8 Å². The number of halogens is 1. The van der Waals surface area contributed by atoms with Gasteiger partial charge in [0.1, 0.15) is 11.6 Å². The van der Waals surface area contributed by atoms with Crippen molar-refractivity contribution in [2.24, 2.45) is 0 Å². The first-order valence-electron chi connectivity index (χ1n) is 7.63. The minimum absolute atomic E-state index is 0.622. The van der Waals surface area contributed by atoms with Crippen LogP contribution in [0, 0.1) is 3.57 Å². The lowest BCUT2D eigenvalue weighted by molar-refractivity contribution is 0.0716. The van der Waals surface area contributed by atoms with Crippen LogP contribution in [0.2, 0.25) is 0 Å². The SMILES string of the molecule is CCCNc1nc(CCOCCOC)nc(C2CC2)c1I. The first-order chi connectivity index (χ1) is 10.3.